The number of urea groups is 1. The second-order valence-corrected chi connectivity index (χ2v) is 6.63. The molecule has 1 aliphatic heterocycles. The number of nitrogens with one attached hydrogen (secondary N) is 1. The van der Waals surface area contributed by atoms with Crippen LogP contribution in [0.15, 0.2) is 24.5 Å². The van der Waals surface area contributed by atoms with Gasteiger partial charge < -0.3 is 15.1 Å². The molecule has 0 aromatic carbocycles. The van der Waals surface area contributed by atoms with Crippen LogP contribution >= 0.6 is 0 Å². The molecule has 2 aliphatic rings. The fourth-order valence-electron chi connectivity index (χ4n) is 3.19. The SMILES string of the molecule is CC[C@@H](NC(=O)N1CCCN(C(=O)C2CC2)CC1)c1ccncc1. The first-order valence-corrected chi connectivity index (χ1v) is 8.93. The Morgan fingerprint density at radius 1 is 1.17 bits per heavy atom. The van der Waals surface area contributed by atoms with E-state index in [4.69, 9.17) is 0 Å². The van der Waals surface area contributed by atoms with Crippen LogP contribution < -0.4 is 5.32 Å². The minimum absolute atomic E-state index is 0.00653. The van der Waals surface area contributed by atoms with Crippen molar-refractivity contribution >= 4 is 11.9 Å². The normalized spacial score (nSPS) is 19.5. The van der Waals surface area contributed by atoms with E-state index in [9.17, 15) is 9.59 Å². The summed E-state index contributed by atoms with van der Waals surface area (Å²) in [7, 11) is 0. The molecule has 1 aromatic rings. The number of amides is 3. The average Bonchev–Trinajstić information content (AvgIpc) is 3.46. The standard InChI is InChI=1S/C18H26N4O2/c1-2-16(14-6-8-19-9-7-14)20-18(24)22-11-3-10-21(12-13-22)17(23)15-4-5-15/h6-9,15-16H,2-5,10-13H2,1H3,(H,20,24)/t16-/m1/s1. The van der Waals surface area contributed by atoms with Gasteiger partial charge in [-0.2, -0.15) is 0 Å². The maximum atomic E-state index is 12.6. The van der Waals surface area contributed by atoms with E-state index in [1.165, 1.54) is 0 Å². The second-order valence-electron chi connectivity index (χ2n) is 6.63. The van der Waals surface area contributed by atoms with E-state index in [1.54, 1.807) is 12.4 Å². The highest BCUT2D eigenvalue weighted by Crippen LogP contribution is 2.31. The number of rotatable bonds is 4. The molecule has 6 nitrogen and oxygen atoms in total. The largest absolute Gasteiger partial charge is 0.341 e. The zero-order valence-electron chi connectivity index (χ0n) is 14.3. The van der Waals surface area contributed by atoms with Gasteiger partial charge in [-0.05, 0) is 43.4 Å². The monoisotopic (exact) mass is 330 g/mol. The molecule has 130 valence electrons. The summed E-state index contributed by atoms with van der Waals surface area (Å²) in [5.74, 6) is 0.530. The Bertz CT molecular complexity index is 574. The van der Waals surface area contributed by atoms with Crippen molar-refractivity contribution in [1.29, 1.82) is 0 Å². The number of pyridine rings is 1. The average molecular weight is 330 g/mol. The van der Waals surface area contributed by atoms with Gasteiger partial charge in [-0.3, -0.25) is 9.78 Å². The Morgan fingerprint density at radius 2 is 1.83 bits per heavy atom. The van der Waals surface area contributed by atoms with Crippen molar-refractivity contribution in [2.45, 2.75) is 38.6 Å². The molecule has 0 radical (unpaired) electrons. The van der Waals surface area contributed by atoms with E-state index in [0.717, 1.165) is 37.8 Å². The fraction of sp³-hybridized carbons (Fsp3) is 0.611. The summed E-state index contributed by atoms with van der Waals surface area (Å²) < 4.78 is 0. The summed E-state index contributed by atoms with van der Waals surface area (Å²) >= 11 is 0. The van der Waals surface area contributed by atoms with Crippen LogP contribution in [0.5, 0.6) is 0 Å². The Morgan fingerprint density at radius 3 is 2.50 bits per heavy atom. The van der Waals surface area contributed by atoms with Crippen molar-refractivity contribution in [3.8, 4) is 0 Å². The van der Waals surface area contributed by atoms with Crippen molar-refractivity contribution in [2.24, 2.45) is 5.92 Å². The summed E-state index contributed by atoms with van der Waals surface area (Å²) in [6.45, 7) is 4.78. The highest BCUT2D eigenvalue weighted by Gasteiger charge is 2.34. The first-order chi connectivity index (χ1) is 11.7. The van der Waals surface area contributed by atoms with E-state index in [0.29, 0.717) is 19.6 Å². The first kappa shape index (κ1) is 16.7. The molecule has 3 amide bonds. The lowest BCUT2D eigenvalue weighted by atomic mass is 10.1. The number of hydrogen-bond acceptors (Lipinski definition) is 3. The van der Waals surface area contributed by atoms with Gasteiger partial charge in [0.1, 0.15) is 0 Å². The van der Waals surface area contributed by atoms with Gasteiger partial charge in [0.2, 0.25) is 5.91 Å². The lowest BCUT2D eigenvalue weighted by molar-refractivity contribution is -0.132. The van der Waals surface area contributed by atoms with Crippen LogP contribution in [0.4, 0.5) is 4.79 Å². The molecule has 0 bridgehead atoms. The van der Waals surface area contributed by atoms with E-state index in [-0.39, 0.29) is 23.9 Å². The molecule has 2 fully saturated rings. The van der Waals surface area contributed by atoms with E-state index in [1.807, 2.05) is 21.9 Å². The van der Waals surface area contributed by atoms with Gasteiger partial charge in [0.05, 0.1) is 6.04 Å². The summed E-state index contributed by atoms with van der Waals surface area (Å²) in [5, 5.41) is 3.12. The third-order valence-electron chi connectivity index (χ3n) is 4.84. The minimum atomic E-state index is -0.0422. The van der Waals surface area contributed by atoms with Crippen LogP contribution in [0.25, 0.3) is 0 Å². The summed E-state index contributed by atoms with van der Waals surface area (Å²) in [4.78, 5) is 32.6. The van der Waals surface area contributed by atoms with E-state index in [2.05, 4.69) is 17.2 Å². The van der Waals surface area contributed by atoms with Crippen molar-refractivity contribution < 1.29 is 9.59 Å². The molecule has 1 saturated heterocycles. The molecular weight excluding hydrogens is 304 g/mol. The highest BCUT2D eigenvalue weighted by atomic mass is 16.2. The Hall–Kier alpha value is -2.11. The molecule has 3 rings (SSSR count). The Kier molecular flexibility index (Phi) is 5.33. The van der Waals surface area contributed by atoms with Crippen LogP contribution in [0.2, 0.25) is 0 Å². The summed E-state index contributed by atoms with van der Waals surface area (Å²) in [5.41, 5.74) is 1.07. The molecule has 0 spiro atoms. The van der Waals surface area contributed by atoms with Gasteiger partial charge in [0.15, 0.2) is 0 Å². The smallest absolute Gasteiger partial charge is 0.317 e. The number of carbonyl (C=O) groups is 2. The molecule has 1 aliphatic carbocycles. The number of nitrogens with zero attached hydrogens (tertiary/aromatic N) is 3. The summed E-state index contributed by atoms with van der Waals surface area (Å²) in [6, 6.07) is 3.83. The quantitative estimate of drug-likeness (QED) is 0.920. The van der Waals surface area contributed by atoms with Gasteiger partial charge in [0.25, 0.3) is 0 Å². The van der Waals surface area contributed by atoms with Crippen LogP contribution in [0, 0.1) is 5.92 Å². The van der Waals surface area contributed by atoms with Crippen LogP contribution in [-0.4, -0.2) is 52.9 Å². The fourth-order valence-corrected chi connectivity index (χ4v) is 3.19. The molecule has 1 N–H and O–H groups in total. The zero-order chi connectivity index (χ0) is 16.9. The molecule has 1 atom stereocenters. The van der Waals surface area contributed by atoms with Gasteiger partial charge in [-0.15, -0.1) is 0 Å². The molecular formula is C18H26N4O2. The second kappa shape index (κ2) is 7.64. The first-order valence-electron chi connectivity index (χ1n) is 8.93. The van der Waals surface area contributed by atoms with Gasteiger partial charge in [-0.1, -0.05) is 6.92 Å². The Balaban J connectivity index is 1.55. The molecule has 1 aromatic heterocycles. The number of carbonyl (C=O) groups excluding carboxylic acids is 2. The topological polar surface area (TPSA) is 65.5 Å². The minimum Gasteiger partial charge on any atom is -0.341 e. The van der Waals surface area contributed by atoms with Crippen molar-refractivity contribution in [2.75, 3.05) is 26.2 Å². The van der Waals surface area contributed by atoms with Gasteiger partial charge in [0, 0.05) is 44.5 Å². The maximum Gasteiger partial charge on any atom is 0.317 e. The van der Waals surface area contributed by atoms with Gasteiger partial charge in [-0.25, -0.2) is 4.79 Å². The van der Waals surface area contributed by atoms with Crippen LogP contribution in [0.1, 0.15) is 44.2 Å². The third-order valence-corrected chi connectivity index (χ3v) is 4.84. The predicted octanol–water partition coefficient (Wildman–Crippen LogP) is 2.19. The van der Waals surface area contributed by atoms with Crippen molar-refractivity contribution in [1.82, 2.24) is 20.1 Å². The number of hydrogen-bond donors (Lipinski definition) is 1. The molecule has 2 heterocycles. The lowest BCUT2D eigenvalue weighted by Crippen LogP contribution is -2.44. The summed E-state index contributed by atoms with van der Waals surface area (Å²) in [6.07, 6.45) is 7.23. The van der Waals surface area contributed by atoms with Gasteiger partial charge >= 0.3 is 6.03 Å². The van der Waals surface area contributed by atoms with E-state index < -0.39 is 0 Å². The van der Waals surface area contributed by atoms with Crippen LogP contribution in [-0.2, 0) is 4.79 Å². The molecule has 0 unspecified atom stereocenters. The van der Waals surface area contributed by atoms with Crippen LogP contribution in [0.3, 0.4) is 0 Å². The third kappa shape index (κ3) is 4.04. The Labute approximate surface area is 143 Å². The highest BCUT2D eigenvalue weighted by molar-refractivity contribution is 5.81. The lowest BCUT2D eigenvalue weighted by Gasteiger charge is -2.25. The zero-order valence-corrected chi connectivity index (χ0v) is 14.3. The molecule has 6 heteroatoms. The maximum absolute atomic E-state index is 12.6. The molecule has 1 saturated carbocycles. The van der Waals surface area contributed by atoms with E-state index >= 15 is 0 Å². The van der Waals surface area contributed by atoms with Crippen molar-refractivity contribution in [3.63, 3.8) is 0 Å². The molecule has 24 heavy (non-hydrogen) atoms. The van der Waals surface area contributed by atoms with Crippen molar-refractivity contribution in [3.05, 3.63) is 30.1 Å². The number of aromatic nitrogens is 1. The predicted molar refractivity (Wildman–Crippen MR) is 91.3 cm³/mol.